The van der Waals surface area contributed by atoms with E-state index in [1.165, 1.54) is 28.6 Å². The fraction of sp³-hybridized carbons (Fsp3) is 0.327. The summed E-state index contributed by atoms with van der Waals surface area (Å²) in [6, 6.07) is 21.1. The third kappa shape index (κ3) is 13.8. The van der Waals surface area contributed by atoms with Gasteiger partial charge >= 0.3 is 6.18 Å². The van der Waals surface area contributed by atoms with Gasteiger partial charge in [-0.05, 0) is 103 Å². The molecular formula is C55H58F3N11O7S. The number of amides is 6. The molecule has 8 rings (SSSR count). The summed E-state index contributed by atoms with van der Waals surface area (Å²) in [4.78, 5) is 86.3. The number of unbranched alkanes of at least 4 members (excludes halogenated alkanes) is 1. The van der Waals surface area contributed by atoms with Gasteiger partial charge in [0.1, 0.15) is 18.6 Å². The van der Waals surface area contributed by atoms with Crippen LogP contribution in [0, 0.1) is 19.3 Å². The normalized spacial score (nSPS) is 15.0. The minimum atomic E-state index is -4.56. The molecule has 0 radical (unpaired) electrons. The van der Waals surface area contributed by atoms with Gasteiger partial charge in [0.2, 0.25) is 29.5 Å². The topological polar surface area (TPSA) is 245 Å². The lowest BCUT2D eigenvalue weighted by Gasteiger charge is -2.35. The van der Waals surface area contributed by atoms with Gasteiger partial charge in [-0.1, -0.05) is 57.2 Å². The first-order chi connectivity index (χ1) is 36.6. The van der Waals surface area contributed by atoms with Crippen LogP contribution in [-0.4, -0.2) is 95.1 Å². The molecule has 0 aliphatic carbocycles. The van der Waals surface area contributed by atoms with Crippen LogP contribution < -0.4 is 26.6 Å². The summed E-state index contributed by atoms with van der Waals surface area (Å²) in [7, 11) is 0. The zero-order valence-corrected chi connectivity index (χ0v) is 43.7. The molecule has 1 aliphatic rings. The van der Waals surface area contributed by atoms with E-state index in [9.17, 15) is 47.0 Å². The number of halogens is 3. The van der Waals surface area contributed by atoms with Crippen molar-refractivity contribution < 1.29 is 47.0 Å². The van der Waals surface area contributed by atoms with Crippen LogP contribution in [0.4, 0.5) is 30.4 Å². The Kier molecular flexibility index (Phi) is 16.7. The number of rotatable bonds is 18. The van der Waals surface area contributed by atoms with Gasteiger partial charge in [-0.2, -0.15) is 23.4 Å². The molecule has 0 saturated carbocycles. The van der Waals surface area contributed by atoms with Crippen LogP contribution in [0.2, 0.25) is 0 Å². The number of β-amino-alcohol motifs (C(OH)–C–C–N with tert-alkyl or cyclic N) is 1. The Hall–Kier alpha value is -8.24. The van der Waals surface area contributed by atoms with Gasteiger partial charge in [0, 0.05) is 66.4 Å². The average Bonchev–Trinajstić information content (AvgIpc) is 4.25. The number of hydrogen-bond donors (Lipinski definition) is 7. The van der Waals surface area contributed by atoms with Gasteiger partial charge in [-0.3, -0.25) is 38.5 Å². The van der Waals surface area contributed by atoms with Gasteiger partial charge < -0.3 is 36.6 Å². The maximum absolute atomic E-state index is 14.1. The number of aliphatic hydroxyl groups excluding tert-OH is 1. The number of aromatic amines is 1. The van der Waals surface area contributed by atoms with Crippen molar-refractivity contribution in [2.24, 2.45) is 5.41 Å². The minimum absolute atomic E-state index is 0.0162. The number of aliphatic hydroxyl groups is 1. The number of carbonyl (C=O) groups excluding carboxylic acids is 6. The van der Waals surface area contributed by atoms with Crippen LogP contribution in [0.3, 0.4) is 0 Å². The molecular weight excluding hydrogens is 1020 g/mol. The van der Waals surface area contributed by atoms with E-state index in [1.807, 2.05) is 52.0 Å². The lowest BCUT2D eigenvalue weighted by molar-refractivity contribution is -0.144. The number of anilines is 3. The quantitative estimate of drug-likeness (QED) is 0.0405. The molecule has 6 amide bonds. The Bertz CT molecular complexity index is 3310. The number of carbonyl (C=O) groups is 6. The molecule has 0 unspecified atom stereocenters. The first-order valence-corrected chi connectivity index (χ1v) is 25.7. The highest BCUT2D eigenvalue weighted by molar-refractivity contribution is 7.13. The van der Waals surface area contributed by atoms with Crippen LogP contribution in [0.25, 0.3) is 32.5 Å². The number of alkyl halides is 3. The SMILES string of the molecule is Cc1ccc(NC(=O)Cn2cc(-c3ccc4c(NC(=O)c5ccc(NC(=O)CCCCC(=O)N[C@H](C(=O)N6C[C@H](O)C[C@H]6C(=O)NCc6ccc(-c7scnc7C)cc6)C(C)(C)C)cc5)n[nH]c4c3)cn2)cc1C(F)(F)F. The van der Waals surface area contributed by atoms with Crippen molar-refractivity contribution in [1.29, 1.82) is 0 Å². The molecule has 1 aliphatic heterocycles. The standard InChI is InChI=1S/C55H58F3N11O7S/c1-31-10-18-39(23-42(31)55(56,57)58)63-47(73)29-68-27-37(26-61-68)36-17-21-41-43(22-36)66-67-50(41)65-51(74)35-15-19-38(20-16-35)62-45(71)8-6-7-9-46(72)64-49(54(3,4)5)53(76)69-28-40(70)24-44(69)52(75)59-25-33-11-13-34(14-12-33)48-32(2)60-30-77-48/h10-23,26-27,30,40,44,49,70H,6-9,24-25,28-29H2,1-5H3,(H,59,75)(H,62,71)(H,63,73)(H,64,72)(H2,65,66,67,74)/t40-,44+,49-/m1/s1. The maximum Gasteiger partial charge on any atom is 0.416 e. The molecule has 22 heteroatoms. The van der Waals surface area contributed by atoms with Crippen LogP contribution in [0.1, 0.15) is 85.6 Å². The van der Waals surface area contributed by atoms with Crippen molar-refractivity contribution in [1.82, 2.24) is 40.5 Å². The van der Waals surface area contributed by atoms with E-state index < -0.39 is 59.0 Å². The summed E-state index contributed by atoms with van der Waals surface area (Å²) in [5.41, 5.74) is 5.85. The fourth-order valence-corrected chi connectivity index (χ4v) is 9.75. The highest BCUT2D eigenvalue weighted by Gasteiger charge is 2.44. The molecule has 7 N–H and O–H groups in total. The fourth-order valence-electron chi connectivity index (χ4n) is 8.94. The van der Waals surface area contributed by atoms with Crippen LogP contribution in [-0.2, 0) is 43.2 Å². The van der Waals surface area contributed by atoms with E-state index in [0.717, 1.165) is 33.3 Å². The van der Waals surface area contributed by atoms with Crippen molar-refractivity contribution in [3.05, 3.63) is 131 Å². The molecule has 3 aromatic heterocycles. The predicted molar refractivity (Wildman–Crippen MR) is 285 cm³/mol. The molecule has 18 nitrogen and oxygen atoms in total. The van der Waals surface area contributed by atoms with Crippen molar-refractivity contribution >= 4 is 74.9 Å². The van der Waals surface area contributed by atoms with E-state index in [4.69, 9.17) is 0 Å². The second kappa shape index (κ2) is 23.3. The Morgan fingerprint density at radius 3 is 2.19 bits per heavy atom. The summed E-state index contributed by atoms with van der Waals surface area (Å²) >= 11 is 1.55. The molecule has 402 valence electrons. The number of nitrogens with one attached hydrogen (secondary N) is 6. The number of fused-ring (bicyclic) bond motifs is 1. The first-order valence-electron chi connectivity index (χ1n) is 24.8. The number of likely N-dealkylation sites (tertiary alicyclic amines) is 1. The highest BCUT2D eigenvalue weighted by atomic mass is 32.1. The van der Waals surface area contributed by atoms with E-state index in [2.05, 4.69) is 46.9 Å². The van der Waals surface area contributed by atoms with E-state index in [1.54, 1.807) is 71.7 Å². The number of thiazole rings is 1. The van der Waals surface area contributed by atoms with Crippen molar-refractivity contribution in [2.75, 3.05) is 22.5 Å². The molecule has 0 bridgehead atoms. The highest BCUT2D eigenvalue weighted by Crippen LogP contribution is 2.34. The molecule has 4 aromatic carbocycles. The molecule has 0 spiro atoms. The second-order valence-electron chi connectivity index (χ2n) is 20.1. The number of nitrogens with zero attached hydrogens (tertiary/aromatic N) is 5. The first kappa shape index (κ1) is 55.0. The van der Waals surface area contributed by atoms with E-state index in [0.29, 0.717) is 40.6 Å². The average molecular weight is 1070 g/mol. The van der Waals surface area contributed by atoms with Gasteiger partial charge in [-0.15, -0.1) is 11.3 Å². The number of aryl methyl sites for hydroxylation is 2. The Balaban J connectivity index is 0.762. The predicted octanol–water partition coefficient (Wildman–Crippen LogP) is 8.38. The maximum atomic E-state index is 14.1. The molecule has 4 heterocycles. The summed E-state index contributed by atoms with van der Waals surface area (Å²) in [6.07, 6.45) is -1.35. The van der Waals surface area contributed by atoms with Gasteiger partial charge in [0.25, 0.3) is 5.91 Å². The number of hydrogen-bond acceptors (Lipinski definition) is 11. The minimum Gasteiger partial charge on any atom is -0.391 e. The number of benzene rings is 4. The van der Waals surface area contributed by atoms with Crippen molar-refractivity contribution in [2.45, 2.75) is 104 Å². The zero-order valence-electron chi connectivity index (χ0n) is 42.9. The van der Waals surface area contributed by atoms with Crippen molar-refractivity contribution in [3.8, 4) is 21.6 Å². The van der Waals surface area contributed by atoms with E-state index >= 15 is 0 Å². The Morgan fingerprint density at radius 1 is 0.818 bits per heavy atom. The summed E-state index contributed by atoms with van der Waals surface area (Å²) in [5.74, 6) is -2.29. The Morgan fingerprint density at radius 2 is 1.51 bits per heavy atom. The largest absolute Gasteiger partial charge is 0.416 e. The third-order valence-corrected chi connectivity index (χ3v) is 14.1. The monoisotopic (exact) mass is 1070 g/mol. The van der Waals surface area contributed by atoms with Gasteiger partial charge in [-0.25, -0.2) is 4.98 Å². The summed E-state index contributed by atoms with van der Waals surface area (Å²) < 4.78 is 41.4. The van der Waals surface area contributed by atoms with Crippen molar-refractivity contribution in [3.63, 3.8) is 0 Å². The van der Waals surface area contributed by atoms with Gasteiger partial charge in [0.05, 0.1) is 39.5 Å². The zero-order chi connectivity index (χ0) is 55.2. The Labute approximate surface area is 445 Å². The molecule has 1 fully saturated rings. The van der Waals surface area contributed by atoms with Crippen LogP contribution in [0.5, 0.6) is 0 Å². The molecule has 77 heavy (non-hydrogen) atoms. The van der Waals surface area contributed by atoms with Gasteiger partial charge in [0.15, 0.2) is 5.82 Å². The lowest BCUT2D eigenvalue weighted by Crippen LogP contribution is -2.57. The number of H-pyrrole nitrogens is 1. The smallest absolute Gasteiger partial charge is 0.391 e. The van der Waals surface area contributed by atoms with Crippen LogP contribution >= 0.6 is 11.3 Å². The molecule has 1 saturated heterocycles. The van der Waals surface area contributed by atoms with E-state index in [-0.39, 0.29) is 67.8 Å². The summed E-state index contributed by atoms with van der Waals surface area (Å²) in [5, 5.41) is 36.5. The second-order valence-corrected chi connectivity index (χ2v) is 20.9. The molecule has 7 aromatic rings. The number of aromatic nitrogens is 5. The molecule has 3 atom stereocenters. The lowest BCUT2D eigenvalue weighted by atomic mass is 9.85. The summed E-state index contributed by atoms with van der Waals surface area (Å²) in [6.45, 7) is 8.66. The van der Waals surface area contributed by atoms with Crippen LogP contribution in [0.15, 0.2) is 103 Å². The third-order valence-electron chi connectivity index (χ3n) is 13.1.